The maximum absolute atomic E-state index is 12.9. The second-order valence-corrected chi connectivity index (χ2v) is 3.51. The Kier molecular flexibility index (Phi) is 3.12. The van der Waals surface area contributed by atoms with Gasteiger partial charge < -0.3 is 11.1 Å². The summed E-state index contributed by atoms with van der Waals surface area (Å²) in [5.41, 5.74) is 6.31. The van der Waals surface area contributed by atoms with Gasteiger partial charge in [0.1, 0.15) is 5.82 Å². The fourth-order valence-corrected chi connectivity index (χ4v) is 0.959. The van der Waals surface area contributed by atoms with Gasteiger partial charge in [0.2, 0.25) is 0 Å². The largest absolute Gasteiger partial charge is 0.396 e. The van der Waals surface area contributed by atoms with E-state index < -0.39 is 0 Å². The second kappa shape index (κ2) is 4.12. The van der Waals surface area contributed by atoms with Crippen molar-refractivity contribution in [1.29, 1.82) is 0 Å². The van der Waals surface area contributed by atoms with Gasteiger partial charge in [-0.2, -0.15) is 0 Å². The molecule has 0 bridgehead atoms. The van der Waals surface area contributed by atoms with Crippen LogP contribution < -0.4 is 11.1 Å². The molecule has 0 aliphatic heterocycles. The van der Waals surface area contributed by atoms with Crippen LogP contribution >= 0.6 is 0 Å². The molecule has 0 saturated carbocycles. The molecule has 13 heavy (non-hydrogen) atoms. The lowest BCUT2D eigenvalue weighted by molar-refractivity contribution is 0.632. The van der Waals surface area contributed by atoms with E-state index in [-0.39, 0.29) is 11.5 Å². The van der Waals surface area contributed by atoms with Gasteiger partial charge in [-0.1, -0.05) is 13.8 Å². The highest BCUT2D eigenvalue weighted by Gasteiger charge is 1.99. The molecule has 1 aromatic carbocycles. The Bertz CT molecular complexity index is 284. The van der Waals surface area contributed by atoms with Gasteiger partial charge in [0.25, 0.3) is 0 Å². The highest BCUT2D eigenvalue weighted by Crippen LogP contribution is 2.15. The predicted octanol–water partition coefficient (Wildman–Crippen LogP) is 2.48. The van der Waals surface area contributed by atoms with Crippen LogP contribution in [0.3, 0.4) is 0 Å². The van der Waals surface area contributed by atoms with E-state index in [2.05, 4.69) is 19.2 Å². The first-order chi connectivity index (χ1) is 6.09. The van der Waals surface area contributed by atoms with E-state index in [1.165, 1.54) is 6.07 Å². The summed E-state index contributed by atoms with van der Waals surface area (Å²) in [6.07, 6.45) is 0. The quantitative estimate of drug-likeness (QED) is 0.705. The van der Waals surface area contributed by atoms with Crippen molar-refractivity contribution in [2.45, 2.75) is 13.8 Å². The molecule has 0 spiro atoms. The van der Waals surface area contributed by atoms with Gasteiger partial charge in [-0.3, -0.25) is 0 Å². The molecule has 3 N–H and O–H groups in total. The molecule has 1 aromatic rings. The van der Waals surface area contributed by atoms with Crippen LogP contribution in [0.2, 0.25) is 0 Å². The molecule has 0 radical (unpaired) electrons. The van der Waals surface area contributed by atoms with Crippen LogP contribution in [-0.2, 0) is 0 Å². The number of halogens is 1. The lowest BCUT2D eigenvalue weighted by Crippen LogP contribution is -2.08. The molecule has 0 fully saturated rings. The van der Waals surface area contributed by atoms with Crippen molar-refractivity contribution < 1.29 is 4.39 Å². The molecule has 0 saturated heterocycles. The zero-order valence-corrected chi connectivity index (χ0v) is 7.97. The summed E-state index contributed by atoms with van der Waals surface area (Å²) >= 11 is 0. The number of benzene rings is 1. The summed E-state index contributed by atoms with van der Waals surface area (Å²) in [6.45, 7) is 5.03. The van der Waals surface area contributed by atoms with Gasteiger partial charge in [0.05, 0.1) is 5.69 Å². The van der Waals surface area contributed by atoms with Crippen LogP contribution in [0.4, 0.5) is 15.8 Å². The van der Waals surface area contributed by atoms with Gasteiger partial charge in [0, 0.05) is 12.2 Å². The fraction of sp³-hybridized carbons (Fsp3) is 0.400. The van der Waals surface area contributed by atoms with Crippen molar-refractivity contribution in [3.05, 3.63) is 24.0 Å². The van der Waals surface area contributed by atoms with E-state index in [9.17, 15) is 4.39 Å². The van der Waals surface area contributed by atoms with Crippen molar-refractivity contribution >= 4 is 11.4 Å². The number of hydrogen-bond donors (Lipinski definition) is 2. The van der Waals surface area contributed by atoms with Crippen LogP contribution in [0.15, 0.2) is 18.2 Å². The minimum Gasteiger partial charge on any atom is -0.396 e. The molecule has 72 valence electrons. The maximum atomic E-state index is 12.9. The Hall–Kier alpha value is -1.25. The van der Waals surface area contributed by atoms with E-state index >= 15 is 0 Å². The van der Waals surface area contributed by atoms with Gasteiger partial charge in [-0.15, -0.1) is 0 Å². The maximum Gasteiger partial charge on any atom is 0.148 e. The standard InChI is InChI=1S/C10H15FN2/c1-7(2)6-13-8-3-4-10(12)9(11)5-8/h3-5,7,13H,6,12H2,1-2H3. The van der Waals surface area contributed by atoms with E-state index in [4.69, 9.17) is 5.73 Å². The van der Waals surface area contributed by atoms with E-state index in [1.54, 1.807) is 12.1 Å². The van der Waals surface area contributed by atoms with Gasteiger partial charge in [-0.25, -0.2) is 4.39 Å². The Morgan fingerprint density at radius 1 is 1.46 bits per heavy atom. The third kappa shape index (κ3) is 2.93. The Labute approximate surface area is 77.9 Å². The smallest absolute Gasteiger partial charge is 0.148 e. The number of nitrogen functional groups attached to an aromatic ring is 1. The SMILES string of the molecule is CC(C)CNc1ccc(N)c(F)c1. The Morgan fingerprint density at radius 3 is 2.69 bits per heavy atom. The van der Waals surface area contributed by atoms with Crippen molar-refractivity contribution in [3.8, 4) is 0 Å². The predicted molar refractivity (Wildman–Crippen MR) is 54.1 cm³/mol. The molecule has 0 heterocycles. The molecule has 2 nitrogen and oxygen atoms in total. The number of rotatable bonds is 3. The van der Waals surface area contributed by atoms with Gasteiger partial charge in [-0.05, 0) is 24.1 Å². The molecule has 0 unspecified atom stereocenters. The van der Waals surface area contributed by atoms with E-state index in [0.717, 1.165) is 12.2 Å². The third-order valence-corrected chi connectivity index (χ3v) is 1.71. The van der Waals surface area contributed by atoms with Crippen LogP contribution in [0.5, 0.6) is 0 Å². The lowest BCUT2D eigenvalue weighted by atomic mass is 10.2. The molecule has 3 heteroatoms. The molecular formula is C10H15FN2. The molecular weight excluding hydrogens is 167 g/mol. The average molecular weight is 182 g/mol. The fourth-order valence-electron chi connectivity index (χ4n) is 0.959. The van der Waals surface area contributed by atoms with E-state index in [0.29, 0.717) is 5.92 Å². The van der Waals surface area contributed by atoms with E-state index in [1.807, 2.05) is 0 Å². The highest BCUT2D eigenvalue weighted by atomic mass is 19.1. The third-order valence-electron chi connectivity index (χ3n) is 1.71. The number of nitrogens with one attached hydrogen (secondary N) is 1. The average Bonchev–Trinajstić information content (AvgIpc) is 2.07. The first-order valence-electron chi connectivity index (χ1n) is 4.38. The summed E-state index contributed by atoms with van der Waals surface area (Å²) in [5, 5.41) is 3.12. The second-order valence-electron chi connectivity index (χ2n) is 3.51. The minimum absolute atomic E-state index is 0.190. The summed E-state index contributed by atoms with van der Waals surface area (Å²) in [5.74, 6) is 0.175. The number of hydrogen-bond acceptors (Lipinski definition) is 2. The molecule has 0 aliphatic carbocycles. The van der Waals surface area contributed by atoms with Gasteiger partial charge in [0.15, 0.2) is 0 Å². The zero-order valence-electron chi connectivity index (χ0n) is 7.97. The highest BCUT2D eigenvalue weighted by molar-refractivity contribution is 5.52. The lowest BCUT2D eigenvalue weighted by Gasteiger charge is -2.09. The van der Waals surface area contributed by atoms with Crippen molar-refractivity contribution in [2.24, 2.45) is 5.92 Å². The molecule has 0 amide bonds. The first kappa shape index (κ1) is 9.84. The molecule has 1 rings (SSSR count). The summed E-state index contributed by atoms with van der Waals surface area (Å²) in [4.78, 5) is 0. The molecule has 0 atom stereocenters. The topological polar surface area (TPSA) is 38.0 Å². The normalized spacial score (nSPS) is 10.5. The van der Waals surface area contributed by atoms with Crippen molar-refractivity contribution in [2.75, 3.05) is 17.6 Å². The molecule has 0 aliphatic rings. The molecule has 0 aromatic heterocycles. The van der Waals surface area contributed by atoms with Crippen LogP contribution in [0, 0.1) is 11.7 Å². The van der Waals surface area contributed by atoms with Crippen LogP contribution in [0.1, 0.15) is 13.8 Å². The minimum atomic E-state index is -0.367. The van der Waals surface area contributed by atoms with Crippen LogP contribution in [0.25, 0.3) is 0 Å². The number of nitrogens with two attached hydrogens (primary N) is 1. The zero-order chi connectivity index (χ0) is 9.84. The van der Waals surface area contributed by atoms with Crippen molar-refractivity contribution in [1.82, 2.24) is 0 Å². The summed E-state index contributed by atoms with van der Waals surface area (Å²) < 4.78 is 12.9. The Morgan fingerprint density at radius 2 is 2.15 bits per heavy atom. The number of anilines is 2. The first-order valence-corrected chi connectivity index (χ1v) is 4.38. The summed E-state index contributed by atoms with van der Waals surface area (Å²) in [6, 6.07) is 4.76. The van der Waals surface area contributed by atoms with Gasteiger partial charge >= 0.3 is 0 Å². The Balaban J connectivity index is 2.63. The van der Waals surface area contributed by atoms with Crippen molar-refractivity contribution in [3.63, 3.8) is 0 Å². The van der Waals surface area contributed by atoms with Crippen LogP contribution in [-0.4, -0.2) is 6.54 Å². The monoisotopic (exact) mass is 182 g/mol. The summed E-state index contributed by atoms with van der Waals surface area (Å²) in [7, 11) is 0.